The van der Waals surface area contributed by atoms with Gasteiger partial charge < -0.3 is 15.4 Å². The molecule has 0 fully saturated rings. The first-order valence-corrected chi connectivity index (χ1v) is 6.92. The third-order valence-corrected chi connectivity index (χ3v) is 2.80. The van der Waals surface area contributed by atoms with Crippen molar-refractivity contribution in [2.75, 3.05) is 25.5 Å². The first kappa shape index (κ1) is 15.8. The minimum atomic E-state index is -0.00598. The highest BCUT2D eigenvalue weighted by Gasteiger charge is 2.06. The van der Waals surface area contributed by atoms with E-state index < -0.39 is 0 Å². The van der Waals surface area contributed by atoms with E-state index in [1.54, 1.807) is 18.2 Å². The highest BCUT2D eigenvalue weighted by atomic mass is 35.5. The van der Waals surface area contributed by atoms with Crippen LogP contribution in [-0.2, 0) is 4.79 Å². The molecule has 1 aromatic carbocycles. The Hall–Kier alpha value is -1.26. The minimum Gasteiger partial charge on any atom is -0.492 e. The second-order valence-corrected chi connectivity index (χ2v) is 4.66. The van der Waals surface area contributed by atoms with Gasteiger partial charge >= 0.3 is 0 Å². The lowest BCUT2D eigenvalue weighted by Gasteiger charge is -2.09. The number of amides is 1. The van der Waals surface area contributed by atoms with Gasteiger partial charge in [0.1, 0.15) is 5.75 Å². The van der Waals surface area contributed by atoms with Gasteiger partial charge in [0.25, 0.3) is 0 Å². The van der Waals surface area contributed by atoms with E-state index >= 15 is 0 Å². The van der Waals surface area contributed by atoms with E-state index in [9.17, 15) is 4.79 Å². The maximum absolute atomic E-state index is 11.6. The van der Waals surface area contributed by atoms with E-state index in [0.717, 1.165) is 19.4 Å². The fourth-order valence-corrected chi connectivity index (χ4v) is 1.79. The van der Waals surface area contributed by atoms with Crippen LogP contribution in [-0.4, -0.2) is 26.1 Å². The fraction of sp³-hybridized carbons (Fsp3) is 0.500. The zero-order valence-electron chi connectivity index (χ0n) is 11.5. The molecule has 0 aliphatic heterocycles. The quantitative estimate of drug-likeness (QED) is 0.721. The van der Waals surface area contributed by atoms with Gasteiger partial charge in [-0.1, -0.05) is 18.5 Å². The molecule has 1 amide bonds. The Morgan fingerprint density at radius 2 is 2.21 bits per heavy atom. The molecule has 106 valence electrons. The summed E-state index contributed by atoms with van der Waals surface area (Å²) in [5.41, 5.74) is 0.698. The SMILES string of the molecule is CCCOc1ccc(NC(=O)CCCNC)cc1Cl. The van der Waals surface area contributed by atoms with Crippen molar-refractivity contribution in [2.24, 2.45) is 0 Å². The number of carbonyl (C=O) groups is 1. The monoisotopic (exact) mass is 284 g/mol. The van der Waals surface area contributed by atoms with Gasteiger partial charge in [-0.05, 0) is 44.6 Å². The topological polar surface area (TPSA) is 50.4 Å². The molecule has 19 heavy (non-hydrogen) atoms. The Morgan fingerprint density at radius 3 is 2.84 bits per heavy atom. The number of ether oxygens (including phenoxy) is 1. The largest absolute Gasteiger partial charge is 0.492 e. The Balaban J connectivity index is 2.50. The molecule has 1 aromatic rings. The molecule has 0 radical (unpaired) electrons. The summed E-state index contributed by atoms with van der Waals surface area (Å²) in [6.07, 6.45) is 2.24. The Bertz CT molecular complexity index is 410. The normalized spacial score (nSPS) is 10.3. The van der Waals surface area contributed by atoms with Crippen molar-refractivity contribution in [3.05, 3.63) is 23.2 Å². The molecule has 0 saturated heterocycles. The molecule has 0 atom stereocenters. The van der Waals surface area contributed by atoms with Crippen molar-refractivity contribution >= 4 is 23.2 Å². The van der Waals surface area contributed by atoms with Gasteiger partial charge in [0, 0.05) is 12.1 Å². The Kier molecular flexibility index (Phi) is 7.30. The molecule has 2 N–H and O–H groups in total. The molecule has 5 heteroatoms. The molecular formula is C14H21ClN2O2. The highest BCUT2D eigenvalue weighted by molar-refractivity contribution is 6.32. The Morgan fingerprint density at radius 1 is 1.42 bits per heavy atom. The molecule has 0 aromatic heterocycles. The molecule has 0 aliphatic rings. The van der Waals surface area contributed by atoms with Crippen molar-refractivity contribution in [3.8, 4) is 5.75 Å². The number of carbonyl (C=O) groups excluding carboxylic acids is 1. The minimum absolute atomic E-state index is 0.00598. The summed E-state index contributed by atoms with van der Waals surface area (Å²) in [7, 11) is 1.87. The van der Waals surface area contributed by atoms with E-state index in [2.05, 4.69) is 10.6 Å². The van der Waals surface area contributed by atoms with Gasteiger partial charge in [0.15, 0.2) is 0 Å². The van der Waals surface area contributed by atoms with Crippen LogP contribution in [0.25, 0.3) is 0 Å². The summed E-state index contributed by atoms with van der Waals surface area (Å²) in [5, 5.41) is 6.34. The third kappa shape index (κ3) is 5.94. The predicted molar refractivity (Wildman–Crippen MR) is 79.0 cm³/mol. The predicted octanol–water partition coefficient (Wildman–Crippen LogP) is 3.07. The second-order valence-electron chi connectivity index (χ2n) is 4.25. The average molecular weight is 285 g/mol. The number of hydrogen-bond donors (Lipinski definition) is 2. The van der Waals surface area contributed by atoms with E-state index in [4.69, 9.17) is 16.3 Å². The molecule has 1 rings (SSSR count). The first-order valence-electron chi connectivity index (χ1n) is 6.54. The summed E-state index contributed by atoms with van der Waals surface area (Å²) in [6, 6.07) is 5.29. The van der Waals surface area contributed by atoms with E-state index in [1.807, 2.05) is 14.0 Å². The summed E-state index contributed by atoms with van der Waals surface area (Å²) in [5.74, 6) is 0.644. The van der Waals surface area contributed by atoms with Gasteiger partial charge in [-0.25, -0.2) is 0 Å². The summed E-state index contributed by atoms with van der Waals surface area (Å²) < 4.78 is 5.47. The number of hydrogen-bond acceptors (Lipinski definition) is 3. The fourth-order valence-electron chi connectivity index (χ4n) is 1.56. The number of benzene rings is 1. The second kappa shape index (κ2) is 8.77. The highest BCUT2D eigenvalue weighted by Crippen LogP contribution is 2.27. The van der Waals surface area contributed by atoms with Crippen molar-refractivity contribution in [3.63, 3.8) is 0 Å². The third-order valence-electron chi connectivity index (χ3n) is 2.51. The van der Waals surface area contributed by atoms with E-state index in [0.29, 0.717) is 29.5 Å². The molecule has 0 unspecified atom stereocenters. The molecule has 0 spiro atoms. The molecule has 4 nitrogen and oxygen atoms in total. The molecule has 0 bridgehead atoms. The zero-order valence-corrected chi connectivity index (χ0v) is 12.2. The Labute approximate surface area is 119 Å². The van der Waals surface area contributed by atoms with Crippen LogP contribution in [0.4, 0.5) is 5.69 Å². The number of nitrogens with one attached hydrogen (secondary N) is 2. The molecule has 0 heterocycles. The lowest BCUT2D eigenvalue weighted by Crippen LogP contribution is -2.15. The van der Waals surface area contributed by atoms with Crippen molar-refractivity contribution in [1.29, 1.82) is 0 Å². The van der Waals surface area contributed by atoms with Crippen molar-refractivity contribution in [1.82, 2.24) is 5.32 Å². The maximum atomic E-state index is 11.6. The standard InChI is InChI=1S/C14H21ClN2O2/c1-3-9-19-13-7-6-11(10-12(13)15)17-14(18)5-4-8-16-2/h6-7,10,16H,3-5,8-9H2,1-2H3,(H,17,18). The van der Waals surface area contributed by atoms with Crippen LogP contribution in [0.5, 0.6) is 5.75 Å². The molecule has 0 saturated carbocycles. The van der Waals surface area contributed by atoms with Gasteiger partial charge in [-0.2, -0.15) is 0 Å². The van der Waals surface area contributed by atoms with Crippen LogP contribution >= 0.6 is 11.6 Å². The number of rotatable bonds is 8. The van der Waals surface area contributed by atoms with Gasteiger partial charge in [-0.15, -0.1) is 0 Å². The van der Waals surface area contributed by atoms with Gasteiger partial charge in [0.2, 0.25) is 5.91 Å². The van der Waals surface area contributed by atoms with Gasteiger partial charge in [-0.3, -0.25) is 4.79 Å². The van der Waals surface area contributed by atoms with Crippen LogP contribution in [0.1, 0.15) is 26.2 Å². The van der Waals surface area contributed by atoms with Crippen LogP contribution in [0.15, 0.2) is 18.2 Å². The van der Waals surface area contributed by atoms with E-state index in [-0.39, 0.29) is 5.91 Å². The summed E-state index contributed by atoms with van der Waals surface area (Å²) in [6.45, 7) is 3.50. The van der Waals surface area contributed by atoms with Crippen molar-refractivity contribution < 1.29 is 9.53 Å². The lowest BCUT2D eigenvalue weighted by atomic mass is 10.2. The molecular weight excluding hydrogens is 264 g/mol. The van der Waals surface area contributed by atoms with Crippen LogP contribution in [0.3, 0.4) is 0 Å². The number of halogens is 1. The van der Waals surface area contributed by atoms with Gasteiger partial charge in [0.05, 0.1) is 11.6 Å². The lowest BCUT2D eigenvalue weighted by molar-refractivity contribution is -0.116. The maximum Gasteiger partial charge on any atom is 0.224 e. The zero-order chi connectivity index (χ0) is 14.1. The van der Waals surface area contributed by atoms with Crippen LogP contribution < -0.4 is 15.4 Å². The summed E-state index contributed by atoms with van der Waals surface area (Å²) >= 11 is 6.09. The van der Waals surface area contributed by atoms with E-state index in [1.165, 1.54) is 0 Å². The molecule has 0 aliphatic carbocycles. The smallest absolute Gasteiger partial charge is 0.224 e. The average Bonchev–Trinajstić information content (AvgIpc) is 2.38. The van der Waals surface area contributed by atoms with Crippen LogP contribution in [0.2, 0.25) is 5.02 Å². The first-order chi connectivity index (χ1) is 9.17. The number of anilines is 1. The van der Waals surface area contributed by atoms with Crippen molar-refractivity contribution in [2.45, 2.75) is 26.2 Å². The summed E-state index contributed by atoms with van der Waals surface area (Å²) in [4.78, 5) is 11.6. The van der Waals surface area contributed by atoms with Crippen LogP contribution in [0, 0.1) is 0 Å².